The van der Waals surface area contributed by atoms with Gasteiger partial charge >= 0.3 is 0 Å². The van der Waals surface area contributed by atoms with Crippen LogP contribution in [0, 0.1) is 5.92 Å². The Balaban J connectivity index is 1.74. The summed E-state index contributed by atoms with van der Waals surface area (Å²) in [4.78, 5) is 25.9. The molecule has 2 aliphatic rings. The molecule has 0 aromatic heterocycles. The van der Waals surface area contributed by atoms with Crippen molar-refractivity contribution in [3.05, 3.63) is 35.4 Å². The minimum Gasteiger partial charge on any atom is -0.369 e. The molecule has 2 saturated heterocycles. The highest BCUT2D eigenvalue weighted by molar-refractivity contribution is 5.96. The van der Waals surface area contributed by atoms with Crippen LogP contribution in [0.4, 0.5) is 0 Å². The van der Waals surface area contributed by atoms with Crippen molar-refractivity contribution in [2.45, 2.75) is 25.2 Å². The molecule has 0 bridgehead atoms. The lowest BCUT2D eigenvalue weighted by molar-refractivity contribution is -0.123. The molecule has 22 heavy (non-hydrogen) atoms. The molecular formula is C17H23N3O2. The Labute approximate surface area is 130 Å². The van der Waals surface area contributed by atoms with Crippen molar-refractivity contribution in [3.63, 3.8) is 0 Å². The quantitative estimate of drug-likeness (QED) is 0.878. The number of carbonyl (C=O) groups excluding carboxylic acids is 2. The van der Waals surface area contributed by atoms with Gasteiger partial charge in [-0.2, -0.15) is 0 Å². The fraction of sp³-hybridized carbons (Fsp3) is 0.529. The molecule has 1 aromatic carbocycles. The number of primary amides is 1. The lowest BCUT2D eigenvalue weighted by atomic mass is 9.91. The number of rotatable bonds is 3. The molecule has 5 nitrogen and oxygen atoms in total. The molecule has 118 valence electrons. The summed E-state index contributed by atoms with van der Waals surface area (Å²) in [6.07, 6.45) is 2.43. The Bertz CT molecular complexity index is 559. The molecule has 2 amide bonds. The second kappa shape index (κ2) is 6.48. The van der Waals surface area contributed by atoms with E-state index in [2.05, 4.69) is 11.4 Å². The van der Waals surface area contributed by atoms with Crippen molar-refractivity contribution >= 4 is 11.8 Å². The highest BCUT2D eigenvalue weighted by atomic mass is 16.2. The summed E-state index contributed by atoms with van der Waals surface area (Å²) in [5.41, 5.74) is 7.32. The average molecular weight is 301 g/mol. The van der Waals surface area contributed by atoms with Gasteiger partial charge in [0.2, 0.25) is 5.91 Å². The third-order valence-electron chi connectivity index (χ3n) is 4.88. The molecule has 2 aliphatic heterocycles. The number of piperidine rings is 1. The Hall–Kier alpha value is -1.88. The molecule has 2 heterocycles. The van der Waals surface area contributed by atoms with E-state index in [0.29, 0.717) is 31.8 Å². The van der Waals surface area contributed by atoms with Crippen LogP contribution in [-0.4, -0.2) is 42.9 Å². The van der Waals surface area contributed by atoms with E-state index < -0.39 is 0 Å². The van der Waals surface area contributed by atoms with Crippen LogP contribution in [0.15, 0.2) is 24.3 Å². The third kappa shape index (κ3) is 2.99. The smallest absolute Gasteiger partial charge is 0.254 e. The number of carbonyl (C=O) groups is 2. The maximum absolute atomic E-state index is 12.8. The topological polar surface area (TPSA) is 75.4 Å². The van der Waals surface area contributed by atoms with Gasteiger partial charge in [-0.05, 0) is 43.4 Å². The van der Waals surface area contributed by atoms with Gasteiger partial charge in [0.25, 0.3) is 5.91 Å². The Kier molecular flexibility index (Phi) is 4.43. The molecular weight excluding hydrogens is 278 g/mol. The monoisotopic (exact) mass is 301 g/mol. The van der Waals surface area contributed by atoms with Crippen molar-refractivity contribution in [3.8, 4) is 0 Å². The summed E-state index contributed by atoms with van der Waals surface area (Å²) in [6.45, 7) is 3.18. The van der Waals surface area contributed by atoms with Crippen LogP contribution in [-0.2, 0) is 4.79 Å². The predicted octanol–water partition coefficient (Wildman–Crippen LogP) is 1.10. The van der Waals surface area contributed by atoms with Crippen molar-refractivity contribution in [1.82, 2.24) is 10.2 Å². The first-order valence-electron chi connectivity index (χ1n) is 8.05. The standard InChI is InChI=1S/C17H23N3O2/c18-16(21)12-6-9-20(10-7-12)17(22)15-4-2-1-3-14(15)13-5-8-19-11-13/h1-4,12-13,19H,5-11H2,(H2,18,21)/t13-/m1/s1. The fourth-order valence-corrected chi connectivity index (χ4v) is 3.51. The van der Waals surface area contributed by atoms with E-state index in [0.717, 1.165) is 30.6 Å². The van der Waals surface area contributed by atoms with Crippen LogP contribution in [0.3, 0.4) is 0 Å². The summed E-state index contributed by atoms with van der Waals surface area (Å²) in [5.74, 6) is 0.177. The minimum atomic E-state index is -0.246. The van der Waals surface area contributed by atoms with E-state index in [1.54, 1.807) is 0 Å². The maximum atomic E-state index is 12.8. The van der Waals surface area contributed by atoms with Gasteiger partial charge in [0.15, 0.2) is 0 Å². The third-order valence-corrected chi connectivity index (χ3v) is 4.88. The van der Waals surface area contributed by atoms with E-state index in [9.17, 15) is 9.59 Å². The minimum absolute atomic E-state index is 0.0849. The Morgan fingerprint density at radius 2 is 1.86 bits per heavy atom. The molecule has 0 spiro atoms. The molecule has 1 aromatic rings. The van der Waals surface area contributed by atoms with E-state index in [-0.39, 0.29) is 17.7 Å². The molecule has 3 rings (SSSR count). The van der Waals surface area contributed by atoms with E-state index in [4.69, 9.17) is 5.73 Å². The van der Waals surface area contributed by atoms with Gasteiger partial charge < -0.3 is 16.0 Å². The Morgan fingerprint density at radius 1 is 1.14 bits per heavy atom. The lowest BCUT2D eigenvalue weighted by Crippen LogP contribution is -2.42. The van der Waals surface area contributed by atoms with Gasteiger partial charge in [0.1, 0.15) is 0 Å². The highest BCUT2D eigenvalue weighted by Gasteiger charge is 2.29. The molecule has 0 radical (unpaired) electrons. The summed E-state index contributed by atoms with van der Waals surface area (Å²) in [6, 6.07) is 7.93. The number of nitrogens with zero attached hydrogens (tertiary/aromatic N) is 1. The number of likely N-dealkylation sites (tertiary alicyclic amines) is 1. The molecule has 0 saturated carbocycles. The predicted molar refractivity (Wildman–Crippen MR) is 84.5 cm³/mol. The van der Waals surface area contributed by atoms with Crippen molar-refractivity contribution in [2.75, 3.05) is 26.2 Å². The molecule has 0 aliphatic carbocycles. The first-order chi connectivity index (χ1) is 10.7. The zero-order valence-corrected chi connectivity index (χ0v) is 12.8. The number of nitrogens with one attached hydrogen (secondary N) is 1. The lowest BCUT2D eigenvalue weighted by Gasteiger charge is -2.31. The number of amides is 2. The molecule has 1 atom stereocenters. The van der Waals surface area contributed by atoms with Crippen molar-refractivity contribution < 1.29 is 9.59 Å². The van der Waals surface area contributed by atoms with E-state index in [1.165, 1.54) is 0 Å². The Morgan fingerprint density at radius 3 is 2.50 bits per heavy atom. The fourth-order valence-electron chi connectivity index (χ4n) is 3.51. The second-order valence-electron chi connectivity index (χ2n) is 6.25. The van der Waals surface area contributed by atoms with Crippen molar-refractivity contribution in [1.29, 1.82) is 0 Å². The van der Waals surface area contributed by atoms with Gasteiger partial charge in [0.05, 0.1) is 0 Å². The summed E-state index contributed by atoms with van der Waals surface area (Å²) in [5, 5.41) is 3.36. The first-order valence-corrected chi connectivity index (χ1v) is 8.05. The number of hydrogen-bond acceptors (Lipinski definition) is 3. The van der Waals surface area contributed by atoms with Crippen LogP contribution in [0.5, 0.6) is 0 Å². The largest absolute Gasteiger partial charge is 0.369 e. The molecule has 0 unspecified atom stereocenters. The van der Waals surface area contributed by atoms with Gasteiger partial charge in [-0.3, -0.25) is 9.59 Å². The van der Waals surface area contributed by atoms with E-state index in [1.807, 2.05) is 23.1 Å². The van der Waals surface area contributed by atoms with Gasteiger partial charge in [-0.25, -0.2) is 0 Å². The molecule has 3 N–H and O–H groups in total. The zero-order chi connectivity index (χ0) is 15.5. The highest BCUT2D eigenvalue weighted by Crippen LogP contribution is 2.27. The number of benzene rings is 1. The summed E-state index contributed by atoms with van der Waals surface area (Å²) in [7, 11) is 0. The molecule has 5 heteroatoms. The molecule has 2 fully saturated rings. The normalized spacial score (nSPS) is 22.7. The van der Waals surface area contributed by atoms with Crippen LogP contribution in [0.2, 0.25) is 0 Å². The summed E-state index contributed by atoms with van der Waals surface area (Å²) >= 11 is 0. The summed E-state index contributed by atoms with van der Waals surface area (Å²) < 4.78 is 0. The van der Waals surface area contributed by atoms with E-state index >= 15 is 0 Å². The average Bonchev–Trinajstić information content (AvgIpc) is 3.08. The number of nitrogens with two attached hydrogens (primary N) is 1. The van der Waals surface area contributed by atoms with Crippen molar-refractivity contribution in [2.24, 2.45) is 11.7 Å². The SMILES string of the molecule is NC(=O)C1CCN(C(=O)c2ccccc2[C@@H]2CCNC2)CC1. The van der Waals surface area contributed by atoms with Gasteiger partial charge in [0, 0.05) is 31.1 Å². The van der Waals surface area contributed by atoms with Gasteiger partial charge in [-0.15, -0.1) is 0 Å². The van der Waals surface area contributed by atoms with Crippen LogP contribution >= 0.6 is 0 Å². The van der Waals surface area contributed by atoms with Crippen LogP contribution in [0.1, 0.15) is 41.1 Å². The second-order valence-corrected chi connectivity index (χ2v) is 6.25. The van der Waals surface area contributed by atoms with Gasteiger partial charge in [-0.1, -0.05) is 18.2 Å². The zero-order valence-electron chi connectivity index (χ0n) is 12.8. The van der Waals surface area contributed by atoms with Crippen LogP contribution < -0.4 is 11.1 Å². The maximum Gasteiger partial charge on any atom is 0.254 e. The number of hydrogen-bond donors (Lipinski definition) is 2. The first kappa shape index (κ1) is 15.0. The van der Waals surface area contributed by atoms with Crippen LogP contribution in [0.25, 0.3) is 0 Å².